The fraction of sp³-hybridized carbons (Fsp3) is 0.429. The Balaban J connectivity index is 2.50. The van der Waals surface area contributed by atoms with Crippen LogP contribution >= 0.6 is 0 Å². The van der Waals surface area contributed by atoms with Crippen LogP contribution in [0.1, 0.15) is 22.2 Å². The maximum Gasteiger partial charge on any atom is 0.0565 e. The normalized spacial score (nSPS) is 20.1. The highest BCUT2D eigenvalue weighted by Crippen LogP contribution is 2.34. The predicted molar refractivity (Wildman–Crippen MR) is 70.1 cm³/mol. The summed E-state index contributed by atoms with van der Waals surface area (Å²) in [5.41, 5.74) is 5.24. The minimum Gasteiger partial charge on any atom is -0.0838 e. The molecule has 0 saturated carbocycles. The predicted octanol–water partition coefficient (Wildman–Crippen LogP) is 4.07. The van der Waals surface area contributed by atoms with Gasteiger partial charge in [0, 0.05) is 0 Å². The van der Waals surface area contributed by atoms with Gasteiger partial charge in [0.05, 0.1) is 8.07 Å². The van der Waals surface area contributed by atoms with E-state index in [-0.39, 0.29) is 0 Å². The molecular formula is C14H20Si. The number of benzene rings is 1. The molecule has 0 fully saturated rings. The SMILES string of the molecule is Cc1ccc2c(c1)C([Si](C)(C)C)C=CC2. The summed E-state index contributed by atoms with van der Waals surface area (Å²) in [6.45, 7) is 9.57. The quantitative estimate of drug-likeness (QED) is 0.490. The Morgan fingerprint density at radius 1 is 1.20 bits per heavy atom. The molecule has 0 aliphatic heterocycles. The molecule has 2 rings (SSSR count). The van der Waals surface area contributed by atoms with Crippen molar-refractivity contribution in [2.45, 2.75) is 38.5 Å². The average Bonchev–Trinajstić information content (AvgIpc) is 2.15. The largest absolute Gasteiger partial charge is 0.0838 e. The summed E-state index contributed by atoms with van der Waals surface area (Å²) in [6.07, 6.45) is 5.91. The van der Waals surface area contributed by atoms with Gasteiger partial charge in [0.2, 0.25) is 0 Å². The number of rotatable bonds is 1. The number of fused-ring (bicyclic) bond motifs is 1. The molecule has 1 aliphatic rings. The van der Waals surface area contributed by atoms with Crippen LogP contribution in [0.15, 0.2) is 30.4 Å². The van der Waals surface area contributed by atoms with Gasteiger partial charge in [-0.25, -0.2) is 0 Å². The van der Waals surface area contributed by atoms with Crippen molar-refractivity contribution in [1.29, 1.82) is 0 Å². The van der Waals surface area contributed by atoms with Crippen molar-refractivity contribution in [2.75, 3.05) is 0 Å². The van der Waals surface area contributed by atoms with E-state index in [0.29, 0.717) is 5.54 Å². The Kier molecular flexibility index (Phi) is 2.59. The zero-order chi connectivity index (χ0) is 11.1. The number of hydrogen-bond donors (Lipinski definition) is 0. The second-order valence-corrected chi connectivity index (χ2v) is 11.0. The fourth-order valence-electron chi connectivity index (χ4n) is 2.38. The van der Waals surface area contributed by atoms with E-state index in [0.717, 1.165) is 6.42 Å². The summed E-state index contributed by atoms with van der Waals surface area (Å²) < 4.78 is 0. The molecule has 1 aromatic rings. The Bertz CT molecular complexity index is 396. The zero-order valence-corrected chi connectivity index (χ0v) is 11.2. The number of allylic oxidation sites excluding steroid dienone is 2. The van der Waals surface area contributed by atoms with E-state index in [1.54, 1.807) is 5.56 Å². The molecule has 0 heterocycles. The molecule has 0 N–H and O–H groups in total. The molecule has 0 aromatic heterocycles. The molecule has 0 amide bonds. The Labute approximate surface area is 94.0 Å². The van der Waals surface area contributed by atoms with Crippen LogP contribution in [0.4, 0.5) is 0 Å². The van der Waals surface area contributed by atoms with Gasteiger partial charge in [-0.2, -0.15) is 0 Å². The van der Waals surface area contributed by atoms with Crippen molar-refractivity contribution in [1.82, 2.24) is 0 Å². The first kappa shape index (κ1) is 10.7. The highest BCUT2D eigenvalue weighted by Gasteiger charge is 2.29. The molecule has 1 atom stereocenters. The van der Waals surface area contributed by atoms with Gasteiger partial charge in [-0.3, -0.25) is 0 Å². The highest BCUT2D eigenvalue weighted by atomic mass is 28.3. The van der Waals surface area contributed by atoms with E-state index in [2.05, 4.69) is 56.9 Å². The zero-order valence-electron chi connectivity index (χ0n) is 10.2. The van der Waals surface area contributed by atoms with Crippen LogP contribution in [0, 0.1) is 6.92 Å². The van der Waals surface area contributed by atoms with Crippen molar-refractivity contribution in [3.8, 4) is 0 Å². The average molecular weight is 216 g/mol. The third kappa shape index (κ3) is 2.07. The first-order valence-corrected chi connectivity index (χ1v) is 9.32. The Morgan fingerprint density at radius 3 is 2.60 bits per heavy atom. The summed E-state index contributed by atoms with van der Waals surface area (Å²) in [7, 11) is -1.12. The molecule has 1 heteroatoms. The van der Waals surface area contributed by atoms with E-state index >= 15 is 0 Å². The topological polar surface area (TPSA) is 0 Å². The van der Waals surface area contributed by atoms with Gasteiger partial charge in [-0.15, -0.1) is 0 Å². The van der Waals surface area contributed by atoms with Crippen LogP contribution in [-0.4, -0.2) is 8.07 Å². The third-order valence-corrected chi connectivity index (χ3v) is 5.61. The molecule has 1 aromatic carbocycles. The summed E-state index contributed by atoms with van der Waals surface area (Å²) in [5.74, 6) is 0. The maximum atomic E-state index is 2.46. The Morgan fingerprint density at radius 2 is 1.93 bits per heavy atom. The highest BCUT2D eigenvalue weighted by molar-refractivity contribution is 6.78. The van der Waals surface area contributed by atoms with Gasteiger partial charge < -0.3 is 0 Å². The first-order chi connectivity index (χ1) is 6.98. The molecule has 1 aliphatic carbocycles. The minimum absolute atomic E-state index is 0.709. The third-order valence-electron chi connectivity index (χ3n) is 3.24. The van der Waals surface area contributed by atoms with E-state index in [1.807, 2.05) is 0 Å². The fourth-order valence-corrected chi connectivity index (χ4v) is 4.29. The van der Waals surface area contributed by atoms with Crippen molar-refractivity contribution in [3.63, 3.8) is 0 Å². The molecule has 15 heavy (non-hydrogen) atoms. The molecule has 1 unspecified atom stereocenters. The summed E-state index contributed by atoms with van der Waals surface area (Å²) in [4.78, 5) is 0. The van der Waals surface area contributed by atoms with Crippen LogP contribution in [0.3, 0.4) is 0 Å². The van der Waals surface area contributed by atoms with Crippen molar-refractivity contribution in [2.24, 2.45) is 0 Å². The summed E-state index contributed by atoms with van der Waals surface area (Å²) in [5, 5.41) is 0. The Hall–Kier alpha value is -0.823. The number of aryl methyl sites for hydroxylation is 1. The van der Waals surface area contributed by atoms with Crippen LogP contribution in [-0.2, 0) is 6.42 Å². The summed E-state index contributed by atoms with van der Waals surface area (Å²) >= 11 is 0. The van der Waals surface area contributed by atoms with Gasteiger partial charge in [0.1, 0.15) is 0 Å². The molecule has 0 bridgehead atoms. The molecule has 0 radical (unpaired) electrons. The lowest BCUT2D eigenvalue weighted by Gasteiger charge is -2.31. The van der Waals surface area contributed by atoms with Crippen molar-refractivity contribution in [3.05, 3.63) is 47.0 Å². The monoisotopic (exact) mass is 216 g/mol. The van der Waals surface area contributed by atoms with Gasteiger partial charge in [0.15, 0.2) is 0 Å². The second-order valence-electron chi connectivity index (χ2n) is 5.68. The summed E-state index contributed by atoms with van der Waals surface area (Å²) in [6, 6.07) is 6.93. The van der Waals surface area contributed by atoms with Gasteiger partial charge >= 0.3 is 0 Å². The van der Waals surface area contributed by atoms with E-state index in [9.17, 15) is 0 Å². The van der Waals surface area contributed by atoms with Gasteiger partial charge in [-0.05, 0) is 30.0 Å². The van der Waals surface area contributed by atoms with Crippen LogP contribution in [0.2, 0.25) is 19.6 Å². The van der Waals surface area contributed by atoms with Crippen molar-refractivity contribution >= 4 is 8.07 Å². The number of hydrogen-bond acceptors (Lipinski definition) is 0. The molecule has 0 saturated heterocycles. The molecule has 80 valence electrons. The smallest absolute Gasteiger partial charge is 0.0565 e. The molecule has 0 spiro atoms. The first-order valence-electron chi connectivity index (χ1n) is 5.74. The van der Waals surface area contributed by atoms with E-state index in [4.69, 9.17) is 0 Å². The van der Waals surface area contributed by atoms with Gasteiger partial charge in [0.25, 0.3) is 0 Å². The lowest BCUT2D eigenvalue weighted by molar-refractivity contribution is 1.02. The van der Waals surface area contributed by atoms with Crippen LogP contribution in [0.25, 0.3) is 0 Å². The standard InChI is InChI=1S/C14H20Si/c1-11-8-9-12-6-5-7-14(13(12)10-11)15(2,3)4/h5,7-10,14H,6H2,1-4H3. The van der Waals surface area contributed by atoms with E-state index < -0.39 is 8.07 Å². The second kappa shape index (κ2) is 3.64. The maximum absolute atomic E-state index is 2.46. The molecular weight excluding hydrogens is 196 g/mol. The van der Waals surface area contributed by atoms with Crippen molar-refractivity contribution < 1.29 is 0 Å². The molecule has 0 nitrogen and oxygen atoms in total. The van der Waals surface area contributed by atoms with Crippen LogP contribution < -0.4 is 0 Å². The minimum atomic E-state index is -1.12. The van der Waals surface area contributed by atoms with Gasteiger partial charge in [-0.1, -0.05) is 55.6 Å². The lowest BCUT2D eigenvalue weighted by Crippen LogP contribution is -2.31. The lowest BCUT2D eigenvalue weighted by atomic mass is 9.95. The van der Waals surface area contributed by atoms with E-state index in [1.165, 1.54) is 11.1 Å². The van der Waals surface area contributed by atoms with Crippen LogP contribution in [0.5, 0.6) is 0 Å².